The van der Waals surface area contributed by atoms with Crippen molar-refractivity contribution in [2.75, 3.05) is 0 Å². The molecule has 2 N–H and O–H groups in total. The van der Waals surface area contributed by atoms with Gasteiger partial charge in [0.2, 0.25) is 0 Å². The van der Waals surface area contributed by atoms with Crippen LogP contribution in [0.25, 0.3) is 0 Å². The molecule has 0 aliphatic carbocycles. The number of hydrogen-bond acceptors (Lipinski definition) is 1. The van der Waals surface area contributed by atoms with Gasteiger partial charge < -0.3 is 5.73 Å². The Hall–Kier alpha value is -0.0400. The van der Waals surface area contributed by atoms with Crippen molar-refractivity contribution in [3.8, 4) is 0 Å². The molecule has 0 spiro atoms. The molecule has 0 aromatic carbocycles. The number of nitrogens with two attached hydrogens (primary N) is 1. The van der Waals surface area contributed by atoms with Crippen molar-refractivity contribution in [1.29, 1.82) is 0 Å². The molecule has 0 aliphatic heterocycles. The van der Waals surface area contributed by atoms with Crippen molar-refractivity contribution in [2.24, 2.45) is 5.73 Å². The molecular weight excluding hydrogens is 242 g/mol. The molecule has 0 aliphatic rings. The van der Waals surface area contributed by atoms with Crippen molar-refractivity contribution in [3.63, 3.8) is 0 Å². The summed E-state index contributed by atoms with van der Waals surface area (Å²) in [7, 11) is 0. The smallest absolute Gasteiger partial charge is 0.0123 e. The Bertz CT molecular complexity index is 186. The van der Waals surface area contributed by atoms with Gasteiger partial charge in [-0.2, -0.15) is 0 Å². The van der Waals surface area contributed by atoms with Gasteiger partial charge in [-0.05, 0) is 19.8 Å². The molecule has 0 saturated carbocycles. The van der Waals surface area contributed by atoms with E-state index in [4.69, 9.17) is 5.73 Å². The van der Waals surface area contributed by atoms with Crippen LogP contribution in [0.2, 0.25) is 0 Å². The third kappa shape index (κ3) is 14.4. The second kappa shape index (κ2) is 13.9. The van der Waals surface area contributed by atoms with Gasteiger partial charge in [-0.25, -0.2) is 0 Å². The van der Waals surface area contributed by atoms with E-state index in [1.807, 2.05) is 0 Å². The van der Waals surface area contributed by atoms with Crippen LogP contribution in [0, 0.1) is 0 Å². The van der Waals surface area contributed by atoms with E-state index in [0.29, 0.717) is 0 Å². The molecule has 122 valence electrons. The minimum Gasteiger partial charge on any atom is -0.325 e. The standard InChI is InChI=1S/C19H41N/c1-4-6-7-8-9-10-11-12-13-14-15-16-17-18-19(3,20)5-2/h4-18,20H2,1-3H3. The van der Waals surface area contributed by atoms with E-state index in [-0.39, 0.29) is 5.54 Å². The highest BCUT2D eigenvalue weighted by molar-refractivity contribution is 4.75. The van der Waals surface area contributed by atoms with Crippen LogP contribution in [0.5, 0.6) is 0 Å². The maximum Gasteiger partial charge on any atom is 0.0123 e. The van der Waals surface area contributed by atoms with Gasteiger partial charge in [0.1, 0.15) is 0 Å². The third-order valence-electron chi connectivity index (χ3n) is 4.66. The quantitative estimate of drug-likeness (QED) is 0.337. The van der Waals surface area contributed by atoms with Crippen molar-refractivity contribution < 1.29 is 0 Å². The molecule has 0 aromatic heterocycles. The van der Waals surface area contributed by atoms with Gasteiger partial charge >= 0.3 is 0 Å². The van der Waals surface area contributed by atoms with Gasteiger partial charge in [0.15, 0.2) is 0 Å². The summed E-state index contributed by atoms with van der Waals surface area (Å²) in [6, 6.07) is 0. The van der Waals surface area contributed by atoms with Crippen LogP contribution in [0.4, 0.5) is 0 Å². The highest BCUT2D eigenvalue weighted by Crippen LogP contribution is 2.17. The lowest BCUT2D eigenvalue weighted by Crippen LogP contribution is -2.34. The normalized spacial score (nSPS) is 14.4. The molecule has 0 heterocycles. The molecule has 1 unspecified atom stereocenters. The summed E-state index contributed by atoms with van der Waals surface area (Å²) in [4.78, 5) is 0. The van der Waals surface area contributed by atoms with Gasteiger partial charge in [-0.1, -0.05) is 97.3 Å². The van der Waals surface area contributed by atoms with Gasteiger partial charge in [0.25, 0.3) is 0 Å². The van der Waals surface area contributed by atoms with Gasteiger partial charge in [0.05, 0.1) is 0 Å². The van der Waals surface area contributed by atoms with E-state index in [0.717, 1.165) is 6.42 Å². The van der Waals surface area contributed by atoms with Crippen molar-refractivity contribution in [3.05, 3.63) is 0 Å². The van der Waals surface area contributed by atoms with E-state index >= 15 is 0 Å². The Labute approximate surface area is 129 Å². The van der Waals surface area contributed by atoms with Crippen molar-refractivity contribution in [1.82, 2.24) is 0 Å². The lowest BCUT2D eigenvalue weighted by molar-refractivity contribution is 0.394. The molecule has 0 bridgehead atoms. The predicted molar refractivity (Wildman–Crippen MR) is 93.2 cm³/mol. The van der Waals surface area contributed by atoms with Gasteiger partial charge in [-0.3, -0.25) is 0 Å². The molecule has 0 saturated heterocycles. The fraction of sp³-hybridized carbons (Fsp3) is 1.00. The lowest BCUT2D eigenvalue weighted by Gasteiger charge is -2.22. The Morgan fingerprint density at radius 2 is 0.950 bits per heavy atom. The lowest BCUT2D eigenvalue weighted by atomic mass is 9.92. The predicted octanol–water partition coefficient (Wildman–Crippen LogP) is 6.60. The summed E-state index contributed by atoms with van der Waals surface area (Å²) in [6.07, 6.45) is 20.8. The molecule has 0 fully saturated rings. The summed E-state index contributed by atoms with van der Waals surface area (Å²) in [5.41, 5.74) is 6.24. The molecular formula is C19H41N. The number of hydrogen-bond donors (Lipinski definition) is 1. The van der Waals surface area contributed by atoms with Crippen LogP contribution in [-0.4, -0.2) is 5.54 Å². The largest absolute Gasteiger partial charge is 0.325 e. The SMILES string of the molecule is CCCCCCCCCCCCCCCC(C)(N)CC. The zero-order chi connectivity index (χ0) is 15.1. The molecule has 0 aromatic rings. The van der Waals surface area contributed by atoms with E-state index in [1.54, 1.807) is 0 Å². The van der Waals surface area contributed by atoms with Crippen LogP contribution in [0.15, 0.2) is 0 Å². The summed E-state index contributed by atoms with van der Waals surface area (Å²) >= 11 is 0. The Kier molecular flexibility index (Phi) is 13.9. The molecule has 0 radical (unpaired) electrons. The van der Waals surface area contributed by atoms with Gasteiger partial charge in [-0.15, -0.1) is 0 Å². The fourth-order valence-corrected chi connectivity index (χ4v) is 2.72. The van der Waals surface area contributed by atoms with Crippen LogP contribution < -0.4 is 5.73 Å². The van der Waals surface area contributed by atoms with Gasteiger partial charge in [0, 0.05) is 5.54 Å². The second-order valence-corrected chi connectivity index (χ2v) is 7.00. The van der Waals surface area contributed by atoms with E-state index in [9.17, 15) is 0 Å². The first-order valence-corrected chi connectivity index (χ1v) is 9.41. The number of rotatable bonds is 15. The highest BCUT2D eigenvalue weighted by atomic mass is 14.7. The molecule has 1 atom stereocenters. The zero-order valence-corrected chi connectivity index (χ0v) is 14.7. The first-order valence-electron chi connectivity index (χ1n) is 9.41. The van der Waals surface area contributed by atoms with Crippen LogP contribution in [0.3, 0.4) is 0 Å². The summed E-state index contributed by atoms with van der Waals surface area (Å²) < 4.78 is 0. The maximum absolute atomic E-state index is 6.16. The Morgan fingerprint density at radius 3 is 1.30 bits per heavy atom. The average molecular weight is 284 g/mol. The topological polar surface area (TPSA) is 26.0 Å². The first-order chi connectivity index (χ1) is 9.62. The Balaban J connectivity index is 3.06. The molecule has 1 heteroatoms. The average Bonchev–Trinajstić information content (AvgIpc) is 2.44. The van der Waals surface area contributed by atoms with E-state index in [1.165, 1.54) is 89.9 Å². The highest BCUT2D eigenvalue weighted by Gasteiger charge is 2.13. The second-order valence-electron chi connectivity index (χ2n) is 7.00. The fourth-order valence-electron chi connectivity index (χ4n) is 2.72. The summed E-state index contributed by atoms with van der Waals surface area (Å²) in [6.45, 7) is 6.67. The molecule has 0 rings (SSSR count). The monoisotopic (exact) mass is 283 g/mol. The zero-order valence-electron chi connectivity index (χ0n) is 14.7. The first kappa shape index (κ1) is 20.0. The maximum atomic E-state index is 6.16. The van der Waals surface area contributed by atoms with Crippen LogP contribution in [-0.2, 0) is 0 Å². The minimum atomic E-state index is 0.0811. The minimum absolute atomic E-state index is 0.0811. The van der Waals surface area contributed by atoms with Crippen LogP contribution >= 0.6 is 0 Å². The Morgan fingerprint density at radius 1 is 0.600 bits per heavy atom. The summed E-state index contributed by atoms with van der Waals surface area (Å²) in [5, 5.41) is 0. The molecule has 1 nitrogen and oxygen atoms in total. The van der Waals surface area contributed by atoms with E-state index in [2.05, 4.69) is 20.8 Å². The third-order valence-corrected chi connectivity index (χ3v) is 4.66. The van der Waals surface area contributed by atoms with E-state index < -0.39 is 0 Å². The van der Waals surface area contributed by atoms with Crippen LogP contribution in [0.1, 0.15) is 117 Å². The van der Waals surface area contributed by atoms with Crippen molar-refractivity contribution >= 4 is 0 Å². The number of unbranched alkanes of at least 4 members (excludes halogenated alkanes) is 12. The molecule has 0 amide bonds. The molecule has 20 heavy (non-hydrogen) atoms. The van der Waals surface area contributed by atoms with Crippen molar-refractivity contribution in [2.45, 2.75) is 123 Å². The summed E-state index contributed by atoms with van der Waals surface area (Å²) in [5.74, 6) is 0.